The highest BCUT2D eigenvalue weighted by Gasteiger charge is 2.27. The third-order valence-corrected chi connectivity index (χ3v) is 4.47. The average Bonchev–Trinajstić information content (AvgIpc) is 2.26. The fourth-order valence-corrected chi connectivity index (χ4v) is 3.16. The molecular weight excluding hydrogens is 281 g/mol. The second kappa shape index (κ2) is 6.90. The van der Waals surface area contributed by atoms with Gasteiger partial charge in [0.15, 0.2) is 0 Å². The lowest BCUT2D eigenvalue weighted by molar-refractivity contribution is -0.135. The van der Waals surface area contributed by atoms with Crippen molar-refractivity contribution in [2.24, 2.45) is 5.92 Å². The lowest BCUT2D eigenvalue weighted by atomic mass is 10.00. The van der Waals surface area contributed by atoms with Crippen LogP contribution in [-0.2, 0) is 10.0 Å². The Morgan fingerprint density at radius 1 is 1.37 bits per heavy atom. The Balaban J connectivity index is 2.19. The van der Waals surface area contributed by atoms with E-state index in [2.05, 4.69) is 5.32 Å². The Hall–Kier alpha value is -0.340. The molecule has 1 aliphatic rings. The summed E-state index contributed by atoms with van der Waals surface area (Å²) in [5.41, 5.74) is 0. The van der Waals surface area contributed by atoms with Gasteiger partial charge in [-0.05, 0) is 38.3 Å². The zero-order valence-corrected chi connectivity index (χ0v) is 11.9. The van der Waals surface area contributed by atoms with Crippen molar-refractivity contribution in [3.63, 3.8) is 0 Å². The second-order valence-electron chi connectivity index (χ2n) is 5.05. The third-order valence-electron chi connectivity index (χ3n) is 3.20. The van der Waals surface area contributed by atoms with Crippen molar-refractivity contribution >= 4 is 10.0 Å². The number of nitrogens with zero attached hydrogens (tertiary/aromatic N) is 1. The van der Waals surface area contributed by atoms with Crippen LogP contribution in [0.2, 0.25) is 0 Å². The molecule has 1 rings (SSSR count). The van der Waals surface area contributed by atoms with Crippen LogP contribution < -0.4 is 5.32 Å². The SMILES string of the molecule is CS(=O)(=O)N1CCCC(CNCCCC(F)(F)F)C1. The molecule has 0 amide bonds. The number of hydrogen-bond acceptors (Lipinski definition) is 3. The first-order valence-electron chi connectivity index (χ1n) is 6.41. The van der Waals surface area contributed by atoms with Crippen molar-refractivity contribution < 1.29 is 21.6 Å². The monoisotopic (exact) mass is 302 g/mol. The Labute approximate surface area is 112 Å². The maximum absolute atomic E-state index is 11.9. The van der Waals surface area contributed by atoms with Crippen LogP contribution in [0.15, 0.2) is 0 Å². The van der Waals surface area contributed by atoms with Crippen molar-refractivity contribution in [3.8, 4) is 0 Å². The summed E-state index contributed by atoms with van der Waals surface area (Å²) < 4.78 is 60.0. The molecule has 1 aliphatic heterocycles. The van der Waals surface area contributed by atoms with E-state index < -0.39 is 22.6 Å². The van der Waals surface area contributed by atoms with Gasteiger partial charge in [-0.1, -0.05) is 0 Å². The molecule has 1 saturated heterocycles. The molecule has 4 nitrogen and oxygen atoms in total. The number of halogens is 3. The van der Waals surface area contributed by atoms with Gasteiger partial charge in [-0.25, -0.2) is 12.7 Å². The molecule has 19 heavy (non-hydrogen) atoms. The van der Waals surface area contributed by atoms with Gasteiger partial charge in [-0.3, -0.25) is 0 Å². The molecule has 114 valence electrons. The van der Waals surface area contributed by atoms with Crippen LogP contribution in [-0.4, -0.2) is 51.3 Å². The van der Waals surface area contributed by atoms with Gasteiger partial charge in [0, 0.05) is 19.5 Å². The molecule has 0 radical (unpaired) electrons. The molecule has 1 heterocycles. The number of alkyl halides is 3. The second-order valence-corrected chi connectivity index (χ2v) is 7.03. The number of sulfonamides is 1. The summed E-state index contributed by atoms with van der Waals surface area (Å²) in [7, 11) is -3.16. The normalized spacial score (nSPS) is 22.6. The van der Waals surface area contributed by atoms with E-state index in [1.807, 2.05) is 0 Å². The minimum Gasteiger partial charge on any atom is -0.316 e. The summed E-state index contributed by atoms with van der Waals surface area (Å²) >= 11 is 0. The van der Waals surface area contributed by atoms with Crippen molar-refractivity contribution in [3.05, 3.63) is 0 Å². The van der Waals surface area contributed by atoms with Gasteiger partial charge in [0.1, 0.15) is 0 Å². The van der Waals surface area contributed by atoms with Gasteiger partial charge in [0.05, 0.1) is 6.26 Å². The first kappa shape index (κ1) is 16.7. The number of rotatable bonds is 6. The predicted octanol–water partition coefficient (Wildman–Crippen LogP) is 1.59. The van der Waals surface area contributed by atoms with Crippen LogP contribution in [0.3, 0.4) is 0 Å². The third kappa shape index (κ3) is 7.12. The molecule has 0 spiro atoms. The molecule has 1 fully saturated rings. The minimum atomic E-state index is -4.10. The Morgan fingerprint density at radius 3 is 2.63 bits per heavy atom. The zero-order valence-electron chi connectivity index (χ0n) is 11.0. The van der Waals surface area contributed by atoms with Crippen molar-refractivity contribution in [2.75, 3.05) is 32.4 Å². The van der Waals surface area contributed by atoms with E-state index in [0.29, 0.717) is 26.2 Å². The van der Waals surface area contributed by atoms with Gasteiger partial charge in [-0.2, -0.15) is 13.2 Å². The van der Waals surface area contributed by atoms with Gasteiger partial charge in [-0.15, -0.1) is 0 Å². The van der Waals surface area contributed by atoms with Crippen molar-refractivity contribution in [1.82, 2.24) is 9.62 Å². The maximum atomic E-state index is 11.9. The fourth-order valence-electron chi connectivity index (χ4n) is 2.21. The summed E-state index contributed by atoms with van der Waals surface area (Å²) in [6.45, 7) is 1.90. The largest absolute Gasteiger partial charge is 0.389 e. The number of hydrogen-bond donors (Lipinski definition) is 1. The predicted molar refractivity (Wildman–Crippen MR) is 67.3 cm³/mol. The summed E-state index contributed by atoms with van der Waals surface area (Å²) in [6.07, 6.45) is -1.90. The molecule has 0 aromatic carbocycles. The molecule has 1 unspecified atom stereocenters. The Kier molecular flexibility index (Phi) is 6.07. The molecule has 0 aromatic heterocycles. The quantitative estimate of drug-likeness (QED) is 0.758. The van der Waals surface area contributed by atoms with Gasteiger partial charge in [0.2, 0.25) is 10.0 Å². The van der Waals surface area contributed by atoms with Gasteiger partial charge in [0.25, 0.3) is 0 Å². The molecule has 8 heteroatoms. The molecule has 0 bridgehead atoms. The summed E-state index contributed by atoms with van der Waals surface area (Å²) in [4.78, 5) is 0. The van der Waals surface area contributed by atoms with Gasteiger partial charge < -0.3 is 5.32 Å². The van der Waals surface area contributed by atoms with Crippen molar-refractivity contribution in [2.45, 2.75) is 31.9 Å². The lowest BCUT2D eigenvalue weighted by Crippen LogP contribution is -2.42. The van der Waals surface area contributed by atoms with Crippen molar-refractivity contribution in [1.29, 1.82) is 0 Å². The van der Waals surface area contributed by atoms with Crippen LogP contribution in [0, 0.1) is 5.92 Å². The highest BCUT2D eigenvalue weighted by atomic mass is 32.2. The Bertz CT molecular complexity index is 371. The molecule has 1 N–H and O–H groups in total. The molecule has 0 aliphatic carbocycles. The minimum absolute atomic E-state index is 0.0615. The Morgan fingerprint density at radius 2 is 2.05 bits per heavy atom. The van der Waals surface area contributed by atoms with E-state index in [4.69, 9.17) is 0 Å². The van der Waals surface area contributed by atoms with E-state index >= 15 is 0 Å². The number of nitrogens with one attached hydrogen (secondary N) is 1. The molecular formula is C11H21F3N2O2S. The van der Waals surface area contributed by atoms with E-state index in [-0.39, 0.29) is 12.3 Å². The summed E-state index contributed by atoms with van der Waals surface area (Å²) in [5, 5.41) is 2.98. The van der Waals surface area contributed by atoms with E-state index in [0.717, 1.165) is 12.8 Å². The standard InChI is InChI=1S/C11H21F3N2O2S/c1-19(17,18)16-7-2-4-10(9-16)8-15-6-3-5-11(12,13)14/h10,15H,2-9H2,1H3. The smallest absolute Gasteiger partial charge is 0.316 e. The van der Waals surface area contributed by atoms with Crippen LogP contribution in [0.4, 0.5) is 13.2 Å². The van der Waals surface area contributed by atoms with E-state index in [1.54, 1.807) is 0 Å². The summed E-state index contributed by atoms with van der Waals surface area (Å²) in [5.74, 6) is 0.189. The highest BCUT2D eigenvalue weighted by Crippen LogP contribution is 2.21. The van der Waals surface area contributed by atoms with Crippen LogP contribution in [0.5, 0.6) is 0 Å². The number of piperidine rings is 1. The highest BCUT2D eigenvalue weighted by molar-refractivity contribution is 7.88. The fraction of sp³-hybridized carbons (Fsp3) is 1.00. The zero-order chi connectivity index (χ0) is 14.5. The molecule has 1 atom stereocenters. The average molecular weight is 302 g/mol. The van der Waals surface area contributed by atoms with E-state index in [1.165, 1.54) is 10.6 Å². The lowest BCUT2D eigenvalue weighted by Gasteiger charge is -2.31. The maximum Gasteiger partial charge on any atom is 0.389 e. The summed E-state index contributed by atoms with van der Waals surface area (Å²) in [6, 6.07) is 0. The van der Waals surface area contributed by atoms with Crippen LogP contribution >= 0.6 is 0 Å². The van der Waals surface area contributed by atoms with Gasteiger partial charge >= 0.3 is 6.18 Å². The first-order valence-corrected chi connectivity index (χ1v) is 8.26. The van der Waals surface area contributed by atoms with Crippen LogP contribution in [0.1, 0.15) is 25.7 Å². The molecule has 0 saturated carbocycles. The molecule has 0 aromatic rings. The first-order chi connectivity index (χ1) is 8.68. The van der Waals surface area contributed by atoms with E-state index in [9.17, 15) is 21.6 Å². The topological polar surface area (TPSA) is 49.4 Å². The van der Waals surface area contributed by atoms with Crippen LogP contribution in [0.25, 0.3) is 0 Å².